The van der Waals surface area contributed by atoms with Gasteiger partial charge in [-0.2, -0.15) is 10.4 Å². The monoisotopic (exact) mass is 444 g/mol. The Morgan fingerprint density at radius 1 is 1.03 bits per heavy atom. The molecule has 0 radical (unpaired) electrons. The molecule has 3 aliphatic carbocycles. The summed E-state index contributed by atoms with van der Waals surface area (Å²) < 4.78 is 77.2. The largest absolute Gasteiger partial charge is 0.293 e. The molecule has 3 aliphatic rings. The highest BCUT2D eigenvalue weighted by Gasteiger charge is 2.82. The fourth-order valence-corrected chi connectivity index (χ4v) is 5.45. The third-order valence-electron chi connectivity index (χ3n) is 7.02. The van der Waals surface area contributed by atoms with Crippen LogP contribution in [0.3, 0.4) is 0 Å². The van der Waals surface area contributed by atoms with Crippen LogP contribution < -0.4 is 0 Å². The number of halogens is 5. The average molecular weight is 444 g/mol. The minimum atomic E-state index is -3.96. The van der Waals surface area contributed by atoms with Crippen molar-refractivity contribution in [1.82, 2.24) is 14.8 Å². The molecular weight excluding hydrogens is 427 g/mol. The van der Waals surface area contributed by atoms with Crippen LogP contribution in [0, 0.1) is 28.4 Å². The third kappa shape index (κ3) is 2.65. The lowest BCUT2D eigenvalue weighted by Gasteiger charge is -2.74. The third-order valence-corrected chi connectivity index (χ3v) is 7.02. The van der Waals surface area contributed by atoms with E-state index < -0.39 is 46.2 Å². The Morgan fingerprint density at radius 2 is 1.72 bits per heavy atom. The van der Waals surface area contributed by atoms with Crippen molar-refractivity contribution in [1.29, 1.82) is 5.26 Å². The highest BCUT2D eigenvalue weighted by atomic mass is 19.3. The second kappa shape index (κ2) is 6.61. The van der Waals surface area contributed by atoms with Crippen LogP contribution in [0.5, 0.6) is 0 Å². The molecule has 2 aromatic carbocycles. The summed E-state index contributed by atoms with van der Waals surface area (Å²) >= 11 is 0. The summed E-state index contributed by atoms with van der Waals surface area (Å²) in [4.78, 5) is 3.65. The van der Waals surface area contributed by atoms with Gasteiger partial charge in [-0.15, -0.1) is 0 Å². The Morgan fingerprint density at radius 3 is 2.28 bits per heavy atom. The van der Waals surface area contributed by atoms with Gasteiger partial charge in [0.15, 0.2) is 0 Å². The fraction of sp³-hybridized carbons (Fsp3) is 0.348. The highest BCUT2D eigenvalue weighted by molar-refractivity contribution is 5.45. The van der Waals surface area contributed by atoms with Crippen molar-refractivity contribution < 1.29 is 22.0 Å². The normalized spacial score (nSPS) is 25.9. The van der Waals surface area contributed by atoms with E-state index in [-0.39, 0.29) is 19.3 Å². The number of aromatic nitrogens is 3. The topological polar surface area (TPSA) is 54.5 Å². The van der Waals surface area contributed by atoms with Gasteiger partial charge in [-0.1, -0.05) is 12.1 Å². The predicted molar refractivity (Wildman–Crippen MR) is 103 cm³/mol. The summed E-state index contributed by atoms with van der Waals surface area (Å²) in [6.07, 6.45) is 2.24. The van der Waals surface area contributed by atoms with E-state index in [0.717, 1.165) is 35.0 Å². The van der Waals surface area contributed by atoms with Crippen molar-refractivity contribution in [2.24, 2.45) is 5.41 Å². The lowest BCUT2D eigenvalue weighted by Crippen LogP contribution is -2.75. The molecule has 0 spiro atoms. The first-order valence-electron chi connectivity index (χ1n) is 10.0. The van der Waals surface area contributed by atoms with Crippen molar-refractivity contribution in [3.05, 3.63) is 83.4 Å². The summed E-state index contributed by atoms with van der Waals surface area (Å²) in [5.74, 6) is -6.32. The van der Waals surface area contributed by atoms with Crippen molar-refractivity contribution >= 4 is 0 Å². The van der Waals surface area contributed by atoms with E-state index in [0.29, 0.717) is 11.6 Å². The number of hydrogen-bond acceptors (Lipinski definition) is 3. The molecule has 2 bridgehead atoms. The molecule has 0 saturated heterocycles. The van der Waals surface area contributed by atoms with E-state index in [1.807, 2.05) is 6.07 Å². The SMILES string of the molecule is N#Cc1ccc(C23CC(C(F)(F)C(F)(Cn4cncn4)c4ccc(F)cc4F)(C2)C3)cc1. The standard InChI is InChI=1S/C23H17F5N4/c24-17-5-6-18(19(25)7-17)22(26,12-32-14-30-13-31-32)23(27,28)21-9-20(10-21,11-21)16-3-1-15(8-29)2-4-16/h1-7,13-14H,9-12H2. The quantitative estimate of drug-likeness (QED) is 0.500. The lowest BCUT2D eigenvalue weighted by atomic mass is 9.30. The van der Waals surface area contributed by atoms with Gasteiger partial charge in [0.1, 0.15) is 24.3 Å². The van der Waals surface area contributed by atoms with Crippen LogP contribution in [0.1, 0.15) is 36.0 Å². The molecule has 3 aromatic rings. The zero-order valence-corrected chi connectivity index (χ0v) is 16.7. The van der Waals surface area contributed by atoms with Gasteiger partial charge in [-0.25, -0.2) is 31.6 Å². The number of hydrogen-bond donors (Lipinski definition) is 0. The maximum absolute atomic E-state index is 16.4. The summed E-state index contributed by atoms with van der Waals surface area (Å²) in [6.45, 7) is -0.964. The molecular formula is C23H17F5N4. The Balaban J connectivity index is 1.50. The average Bonchev–Trinajstić information content (AvgIpc) is 3.18. The maximum atomic E-state index is 16.4. The predicted octanol–water partition coefficient (Wildman–Crippen LogP) is 5.05. The van der Waals surface area contributed by atoms with Crippen molar-refractivity contribution in [3.63, 3.8) is 0 Å². The number of rotatable bonds is 6. The molecule has 3 saturated carbocycles. The number of alkyl halides is 3. The van der Waals surface area contributed by atoms with Gasteiger partial charge >= 0.3 is 0 Å². The van der Waals surface area contributed by atoms with Crippen molar-refractivity contribution in [2.45, 2.75) is 42.8 Å². The molecule has 0 amide bonds. The minimum Gasteiger partial charge on any atom is -0.249 e. The van der Waals surface area contributed by atoms with Crippen LogP contribution in [0.4, 0.5) is 22.0 Å². The number of nitrogens with zero attached hydrogens (tertiary/aromatic N) is 4. The Bertz CT molecular complexity index is 1200. The zero-order valence-electron chi connectivity index (χ0n) is 16.7. The highest BCUT2D eigenvalue weighted by Crippen LogP contribution is 2.80. The van der Waals surface area contributed by atoms with Gasteiger partial charge in [0, 0.05) is 17.0 Å². The first-order chi connectivity index (χ1) is 15.1. The first-order valence-corrected chi connectivity index (χ1v) is 10.0. The molecule has 0 N–H and O–H groups in total. The number of nitriles is 1. The van der Waals surface area contributed by atoms with Crippen LogP contribution >= 0.6 is 0 Å². The minimum absolute atomic E-state index is 0.0325. The van der Waals surface area contributed by atoms with E-state index in [2.05, 4.69) is 10.1 Å². The Labute approximate surface area is 180 Å². The van der Waals surface area contributed by atoms with E-state index in [4.69, 9.17) is 5.26 Å². The molecule has 4 nitrogen and oxygen atoms in total. The molecule has 6 rings (SSSR count). The summed E-state index contributed by atoms with van der Waals surface area (Å²) in [5.41, 5.74) is -5.25. The van der Waals surface area contributed by atoms with Crippen LogP contribution in [-0.2, 0) is 17.6 Å². The van der Waals surface area contributed by atoms with Gasteiger partial charge in [-0.3, -0.25) is 0 Å². The van der Waals surface area contributed by atoms with E-state index in [1.165, 1.54) is 0 Å². The summed E-state index contributed by atoms with van der Waals surface area (Å²) in [6, 6.07) is 10.6. The van der Waals surface area contributed by atoms with Crippen LogP contribution in [0.15, 0.2) is 55.1 Å². The summed E-state index contributed by atoms with van der Waals surface area (Å²) in [7, 11) is 0. The summed E-state index contributed by atoms with van der Waals surface area (Å²) in [5, 5.41) is 12.7. The lowest BCUT2D eigenvalue weighted by molar-refractivity contribution is -0.332. The molecule has 164 valence electrons. The van der Waals surface area contributed by atoms with Gasteiger partial charge in [0.05, 0.1) is 18.2 Å². The molecule has 9 heteroatoms. The van der Waals surface area contributed by atoms with E-state index in [9.17, 15) is 8.78 Å². The second-order valence-corrected chi connectivity index (χ2v) is 8.87. The molecule has 1 unspecified atom stereocenters. The molecule has 1 atom stereocenters. The van der Waals surface area contributed by atoms with Gasteiger partial charge < -0.3 is 0 Å². The first kappa shape index (κ1) is 20.6. The van der Waals surface area contributed by atoms with Gasteiger partial charge in [-0.05, 0) is 54.5 Å². The van der Waals surface area contributed by atoms with Crippen molar-refractivity contribution in [3.8, 4) is 6.07 Å². The second-order valence-electron chi connectivity index (χ2n) is 8.87. The smallest absolute Gasteiger partial charge is 0.249 e. The maximum Gasteiger partial charge on any atom is 0.293 e. The zero-order chi connectivity index (χ0) is 22.8. The van der Waals surface area contributed by atoms with E-state index in [1.54, 1.807) is 24.3 Å². The Kier molecular flexibility index (Phi) is 4.26. The fourth-order valence-electron chi connectivity index (χ4n) is 5.45. The molecule has 0 aliphatic heterocycles. The number of benzene rings is 2. The van der Waals surface area contributed by atoms with E-state index >= 15 is 13.2 Å². The van der Waals surface area contributed by atoms with Crippen LogP contribution in [0.2, 0.25) is 0 Å². The van der Waals surface area contributed by atoms with Crippen LogP contribution in [0.25, 0.3) is 0 Å². The molecule has 32 heavy (non-hydrogen) atoms. The molecule has 1 heterocycles. The molecule has 1 aromatic heterocycles. The van der Waals surface area contributed by atoms with Crippen molar-refractivity contribution in [2.75, 3.05) is 0 Å². The molecule has 3 fully saturated rings. The van der Waals surface area contributed by atoms with Gasteiger partial charge in [0.2, 0.25) is 5.67 Å². The Hall–Kier alpha value is -3.28. The van der Waals surface area contributed by atoms with Crippen LogP contribution in [-0.4, -0.2) is 20.7 Å². The van der Waals surface area contributed by atoms with Gasteiger partial charge in [0.25, 0.3) is 5.92 Å².